The van der Waals surface area contributed by atoms with Crippen molar-refractivity contribution in [3.63, 3.8) is 0 Å². The number of benzene rings is 2. The van der Waals surface area contributed by atoms with Gasteiger partial charge in [0.15, 0.2) is 4.33 Å². The maximum atomic E-state index is 6.13. The van der Waals surface area contributed by atoms with Gasteiger partial charge in [-0.3, -0.25) is 0 Å². The fraction of sp³-hybridized carbons (Fsp3) is 0.158. The van der Waals surface area contributed by atoms with Gasteiger partial charge in [0.05, 0.1) is 0 Å². The molecule has 0 radical (unpaired) electrons. The van der Waals surface area contributed by atoms with Crippen LogP contribution in [0.2, 0.25) is 0 Å². The molecule has 1 heterocycles. The molecule has 1 aromatic heterocycles. The third-order valence-corrected chi connectivity index (χ3v) is 4.47. The maximum Gasteiger partial charge on any atom is 0.252 e. The van der Waals surface area contributed by atoms with Crippen LogP contribution in [0.5, 0.6) is 0 Å². The summed E-state index contributed by atoms with van der Waals surface area (Å²) in [5, 5.41) is 7.96. The van der Waals surface area contributed by atoms with E-state index in [1.165, 1.54) is 0 Å². The molecule has 2 aromatic carbocycles. The van der Waals surface area contributed by atoms with Crippen LogP contribution >= 0.6 is 23.2 Å². The van der Waals surface area contributed by atoms with E-state index in [0.717, 1.165) is 16.7 Å². The van der Waals surface area contributed by atoms with E-state index in [2.05, 4.69) is 34.5 Å². The van der Waals surface area contributed by atoms with Gasteiger partial charge in [0, 0.05) is 5.56 Å². The fourth-order valence-electron chi connectivity index (χ4n) is 2.13. The molecule has 5 heteroatoms. The fourth-order valence-corrected chi connectivity index (χ4v) is 2.29. The SMILES string of the molecule is CCC(Cl)(Cl)c1nnc(-c2ccc(/C=C/c3ccccc3)cc2)o1. The van der Waals surface area contributed by atoms with Gasteiger partial charge in [-0.25, -0.2) is 0 Å². The molecule has 24 heavy (non-hydrogen) atoms. The van der Waals surface area contributed by atoms with E-state index >= 15 is 0 Å². The molecule has 0 aliphatic carbocycles. The number of nitrogens with zero attached hydrogens (tertiary/aromatic N) is 2. The second-order valence-electron chi connectivity index (χ2n) is 5.34. The lowest BCUT2D eigenvalue weighted by Gasteiger charge is -2.10. The molecule has 0 atom stereocenters. The lowest BCUT2D eigenvalue weighted by molar-refractivity contribution is 0.476. The van der Waals surface area contributed by atoms with Crippen LogP contribution in [0.4, 0.5) is 0 Å². The van der Waals surface area contributed by atoms with Crippen LogP contribution in [-0.4, -0.2) is 10.2 Å². The molecule has 3 aromatic rings. The Bertz CT molecular complexity index is 824. The number of hydrogen-bond acceptors (Lipinski definition) is 3. The Labute approximate surface area is 150 Å². The van der Waals surface area contributed by atoms with Crippen molar-refractivity contribution in [2.75, 3.05) is 0 Å². The van der Waals surface area contributed by atoms with Gasteiger partial charge in [-0.15, -0.1) is 10.2 Å². The van der Waals surface area contributed by atoms with Crippen LogP contribution in [0, 0.1) is 0 Å². The topological polar surface area (TPSA) is 38.9 Å². The maximum absolute atomic E-state index is 6.13. The smallest absolute Gasteiger partial charge is 0.252 e. The zero-order valence-electron chi connectivity index (χ0n) is 13.1. The Morgan fingerprint density at radius 3 is 2.17 bits per heavy atom. The molecular formula is C19H16Cl2N2O. The second-order valence-corrected chi connectivity index (χ2v) is 6.82. The molecular weight excluding hydrogens is 343 g/mol. The van der Waals surface area contributed by atoms with E-state index in [4.69, 9.17) is 27.6 Å². The molecule has 0 unspecified atom stereocenters. The average molecular weight is 359 g/mol. The van der Waals surface area contributed by atoms with Gasteiger partial charge in [0.25, 0.3) is 5.89 Å². The zero-order chi connectivity index (χ0) is 17.0. The zero-order valence-corrected chi connectivity index (χ0v) is 14.6. The standard InChI is InChI=1S/C19H16Cl2N2O/c1-2-19(20,21)18-23-22-17(24-18)16-12-10-15(11-13-16)9-8-14-6-4-3-5-7-14/h3-13H,2H2,1H3/b9-8+. The molecule has 0 amide bonds. The largest absolute Gasteiger partial charge is 0.417 e. The highest BCUT2D eigenvalue weighted by atomic mass is 35.5. The van der Waals surface area contributed by atoms with Gasteiger partial charge in [-0.05, 0) is 29.7 Å². The van der Waals surface area contributed by atoms with Gasteiger partial charge in [0.2, 0.25) is 5.89 Å². The van der Waals surface area contributed by atoms with Crippen molar-refractivity contribution >= 4 is 35.4 Å². The van der Waals surface area contributed by atoms with Crippen molar-refractivity contribution in [2.45, 2.75) is 17.7 Å². The van der Waals surface area contributed by atoms with Gasteiger partial charge in [-0.2, -0.15) is 0 Å². The molecule has 0 N–H and O–H groups in total. The van der Waals surface area contributed by atoms with Crippen LogP contribution in [0.15, 0.2) is 59.0 Å². The highest BCUT2D eigenvalue weighted by molar-refractivity contribution is 6.47. The Morgan fingerprint density at radius 2 is 1.54 bits per heavy atom. The van der Waals surface area contributed by atoms with Gasteiger partial charge in [0.1, 0.15) is 0 Å². The lowest BCUT2D eigenvalue weighted by atomic mass is 10.1. The average Bonchev–Trinajstić information content (AvgIpc) is 3.12. The van der Waals surface area contributed by atoms with E-state index in [0.29, 0.717) is 12.3 Å². The Hall–Kier alpha value is -2.10. The predicted molar refractivity (Wildman–Crippen MR) is 98.8 cm³/mol. The summed E-state index contributed by atoms with van der Waals surface area (Å²) in [5.41, 5.74) is 3.06. The molecule has 0 saturated heterocycles. The quantitative estimate of drug-likeness (QED) is 0.418. The number of rotatable bonds is 5. The molecule has 0 fully saturated rings. The normalized spacial score (nSPS) is 12.0. The Morgan fingerprint density at radius 1 is 0.917 bits per heavy atom. The summed E-state index contributed by atoms with van der Waals surface area (Å²) < 4.78 is 4.44. The summed E-state index contributed by atoms with van der Waals surface area (Å²) in [6.45, 7) is 1.86. The first kappa shape index (κ1) is 16.7. The highest BCUT2D eigenvalue weighted by Gasteiger charge is 2.31. The van der Waals surface area contributed by atoms with Crippen LogP contribution in [0.25, 0.3) is 23.6 Å². The van der Waals surface area contributed by atoms with Crippen LogP contribution < -0.4 is 0 Å². The summed E-state index contributed by atoms with van der Waals surface area (Å²) in [5.74, 6) is 0.624. The minimum absolute atomic E-state index is 0.219. The predicted octanol–water partition coefficient (Wildman–Crippen LogP) is 5.95. The minimum Gasteiger partial charge on any atom is -0.417 e. The molecule has 0 aliphatic rings. The molecule has 0 saturated carbocycles. The molecule has 0 aliphatic heterocycles. The summed E-state index contributed by atoms with van der Waals surface area (Å²) in [4.78, 5) is 0. The van der Waals surface area contributed by atoms with E-state index in [1.54, 1.807) is 0 Å². The summed E-state index contributed by atoms with van der Waals surface area (Å²) in [6, 6.07) is 18.0. The first-order valence-electron chi connectivity index (χ1n) is 7.64. The first-order valence-corrected chi connectivity index (χ1v) is 8.39. The summed E-state index contributed by atoms with van der Waals surface area (Å²) in [6.07, 6.45) is 4.61. The molecule has 3 nitrogen and oxygen atoms in total. The van der Waals surface area contributed by atoms with Crippen LogP contribution in [-0.2, 0) is 4.33 Å². The van der Waals surface area contributed by atoms with E-state index in [1.807, 2.05) is 49.4 Å². The molecule has 0 bridgehead atoms. The highest BCUT2D eigenvalue weighted by Crippen LogP contribution is 2.37. The summed E-state index contributed by atoms with van der Waals surface area (Å²) in [7, 11) is 0. The van der Waals surface area contributed by atoms with Crippen LogP contribution in [0.1, 0.15) is 30.4 Å². The molecule has 122 valence electrons. The lowest BCUT2D eigenvalue weighted by Crippen LogP contribution is -2.08. The van der Waals surface area contributed by atoms with Gasteiger partial charge < -0.3 is 4.42 Å². The van der Waals surface area contributed by atoms with Crippen molar-refractivity contribution in [1.29, 1.82) is 0 Å². The molecule has 0 spiro atoms. The van der Waals surface area contributed by atoms with Crippen molar-refractivity contribution in [3.05, 3.63) is 71.6 Å². The van der Waals surface area contributed by atoms with Crippen LogP contribution in [0.3, 0.4) is 0 Å². The third-order valence-electron chi connectivity index (χ3n) is 3.61. The van der Waals surface area contributed by atoms with Crippen molar-refractivity contribution in [1.82, 2.24) is 10.2 Å². The number of halogens is 2. The Kier molecular flexibility index (Phi) is 5.03. The third kappa shape index (κ3) is 3.86. The number of alkyl halides is 2. The van der Waals surface area contributed by atoms with Crippen molar-refractivity contribution in [2.24, 2.45) is 0 Å². The second kappa shape index (κ2) is 7.20. The minimum atomic E-state index is -1.15. The van der Waals surface area contributed by atoms with Gasteiger partial charge in [-0.1, -0.05) is 84.7 Å². The molecule has 3 rings (SSSR count). The van der Waals surface area contributed by atoms with Crippen molar-refractivity contribution in [3.8, 4) is 11.5 Å². The first-order chi connectivity index (χ1) is 11.6. The summed E-state index contributed by atoms with van der Waals surface area (Å²) >= 11 is 12.3. The Balaban J connectivity index is 1.76. The number of aromatic nitrogens is 2. The van der Waals surface area contributed by atoms with Gasteiger partial charge >= 0.3 is 0 Å². The van der Waals surface area contributed by atoms with Crippen molar-refractivity contribution < 1.29 is 4.42 Å². The number of hydrogen-bond donors (Lipinski definition) is 0. The van der Waals surface area contributed by atoms with E-state index < -0.39 is 4.33 Å². The van der Waals surface area contributed by atoms with E-state index in [-0.39, 0.29) is 5.89 Å². The van der Waals surface area contributed by atoms with E-state index in [9.17, 15) is 0 Å². The monoisotopic (exact) mass is 358 g/mol.